The number of urea groups is 1. The molecule has 2 amide bonds. The number of rotatable bonds is 6. The molecule has 2 N–H and O–H groups in total. The van der Waals surface area contributed by atoms with Gasteiger partial charge in [-0.3, -0.25) is 4.79 Å². The Morgan fingerprint density at radius 3 is 2.58 bits per heavy atom. The smallest absolute Gasteiger partial charge is 0.416 e. The molecule has 5 nitrogen and oxygen atoms in total. The Morgan fingerprint density at radius 1 is 1.38 bits per heavy atom. The molecule has 0 spiro atoms. The van der Waals surface area contributed by atoms with Gasteiger partial charge in [0.25, 0.3) is 0 Å². The van der Waals surface area contributed by atoms with Crippen LogP contribution in [0.1, 0.15) is 36.4 Å². The summed E-state index contributed by atoms with van der Waals surface area (Å²) in [5.74, 6) is -0.920. The zero-order valence-electron chi connectivity index (χ0n) is 13.1. The highest BCUT2D eigenvalue weighted by molar-refractivity contribution is 5.75. The molecule has 0 aliphatic heterocycles. The van der Waals surface area contributed by atoms with Crippen molar-refractivity contribution in [3.05, 3.63) is 35.4 Å². The number of halogens is 3. The molecule has 1 aliphatic rings. The van der Waals surface area contributed by atoms with Crippen molar-refractivity contribution in [2.75, 3.05) is 13.6 Å². The molecule has 0 radical (unpaired) electrons. The minimum absolute atomic E-state index is 0.0289. The molecule has 1 aromatic rings. The van der Waals surface area contributed by atoms with Crippen LogP contribution in [-0.2, 0) is 11.0 Å². The lowest BCUT2D eigenvalue weighted by Crippen LogP contribution is -2.41. The topological polar surface area (TPSA) is 69.6 Å². The van der Waals surface area contributed by atoms with Crippen LogP contribution in [0.3, 0.4) is 0 Å². The van der Waals surface area contributed by atoms with Gasteiger partial charge in [-0.1, -0.05) is 12.1 Å². The molecule has 1 atom stereocenters. The minimum Gasteiger partial charge on any atom is -0.481 e. The van der Waals surface area contributed by atoms with Gasteiger partial charge in [-0.2, -0.15) is 13.2 Å². The van der Waals surface area contributed by atoms with Crippen LogP contribution >= 0.6 is 0 Å². The van der Waals surface area contributed by atoms with E-state index in [0.29, 0.717) is 5.56 Å². The van der Waals surface area contributed by atoms with Gasteiger partial charge in [0.1, 0.15) is 0 Å². The number of nitrogens with zero attached hydrogens (tertiary/aromatic N) is 1. The third-order valence-electron chi connectivity index (χ3n) is 3.95. The molecule has 0 heterocycles. The van der Waals surface area contributed by atoms with Crippen molar-refractivity contribution in [1.82, 2.24) is 10.2 Å². The highest BCUT2D eigenvalue weighted by atomic mass is 19.4. The van der Waals surface area contributed by atoms with Crippen molar-refractivity contribution in [1.29, 1.82) is 0 Å². The van der Waals surface area contributed by atoms with Gasteiger partial charge in [-0.15, -0.1) is 0 Å². The van der Waals surface area contributed by atoms with E-state index in [1.54, 1.807) is 6.07 Å². The maximum atomic E-state index is 12.9. The number of carbonyl (C=O) groups is 2. The van der Waals surface area contributed by atoms with Crippen LogP contribution in [0.4, 0.5) is 18.0 Å². The van der Waals surface area contributed by atoms with E-state index in [4.69, 9.17) is 5.11 Å². The molecule has 1 saturated carbocycles. The van der Waals surface area contributed by atoms with Crippen molar-refractivity contribution in [3.63, 3.8) is 0 Å². The molecule has 2 rings (SSSR count). The van der Waals surface area contributed by atoms with Crippen molar-refractivity contribution < 1.29 is 27.9 Å². The van der Waals surface area contributed by atoms with Gasteiger partial charge in [0.05, 0.1) is 18.0 Å². The maximum Gasteiger partial charge on any atom is 0.416 e. The summed E-state index contributed by atoms with van der Waals surface area (Å²) in [6.07, 6.45) is -2.96. The first-order valence-electron chi connectivity index (χ1n) is 7.59. The lowest BCUT2D eigenvalue weighted by atomic mass is 10.00. The van der Waals surface area contributed by atoms with Gasteiger partial charge in [-0.25, -0.2) is 4.79 Å². The molecule has 8 heteroatoms. The van der Waals surface area contributed by atoms with E-state index in [9.17, 15) is 22.8 Å². The van der Waals surface area contributed by atoms with Crippen molar-refractivity contribution >= 4 is 12.0 Å². The summed E-state index contributed by atoms with van der Waals surface area (Å²) >= 11 is 0. The van der Waals surface area contributed by atoms with Crippen LogP contribution in [0.5, 0.6) is 0 Å². The van der Waals surface area contributed by atoms with Crippen molar-refractivity contribution in [2.45, 2.75) is 31.5 Å². The summed E-state index contributed by atoms with van der Waals surface area (Å²) in [5, 5.41) is 11.4. The number of alkyl halides is 3. The molecule has 24 heavy (non-hydrogen) atoms. The average Bonchev–Trinajstić information content (AvgIpc) is 3.33. The number of amides is 2. The van der Waals surface area contributed by atoms with Gasteiger partial charge in [0.15, 0.2) is 0 Å². The predicted molar refractivity (Wildman–Crippen MR) is 80.3 cm³/mol. The Labute approximate surface area is 137 Å². The van der Waals surface area contributed by atoms with E-state index in [0.717, 1.165) is 25.0 Å². The van der Waals surface area contributed by atoms with Crippen LogP contribution in [0, 0.1) is 5.92 Å². The Bertz CT molecular complexity index is 615. The number of hydrogen-bond acceptors (Lipinski definition) is 2. The van der Waals surface area contributed by atoms with E-state index >= 15 is 0 Å². The maximum absolute atomic E-state index is 12.9. The fourth-order valence-electron chi connectivity index (χ4n) is 2.42. The molecule has 132 valence electrons. The quantitative estimate of drug-likeness (QED) is 0.832. The van der Waals surface area contributed by atoms with E-state index in [1.165, 1.54) is 18.0 Å². The first-order valence-corrected chi connectivity index (χ1v) is 7.59. The molecule has 1 aliphatic carbocycles. The van der Waals surface area contributed by atoms with E-state index in [1.807, 2.05) is 0 Å². The van der Waals surface area contributed by atoms with Crippen molar-refractivity contribution in [3.8, 4) is 0 Å². The second kappa shape index (κ2) is 7.11. The van der Waals surface area contributed by atoms with Crippen LogP contribution in [0.15, 0.2) is 24.3 Å². The molecule has 1 unspecified atom stereocenters. The fraction of sp³-hybridized carbons (Fsp3) is 0.500. The fourth-order valence-corrected chi connectivity index (χ4v) is 2.42. The van der Waals surface area contributed by atoms with Crippen LogP contribution in [-0.4, -0.2) is 35.6 Å². The highest BCUT2D eigenvalue weighted by Gasteiger charge is 2.36. The van der Waals surface area contributed by atoms with Gasteiger partial charge in [0, 0.05) is 13.6 Å². The number of carboxylic acid groups (broad SMARTS) is 1. The second-order valence-corrected chi connectivity index (χ2v) is 5.95. The van der Waals surface area contributed by atoms with Crippen LogP contribution in [0.25, 0.3) is 0 Å². The van der Waals surface area contributed by atoms with Gasteiger partial charge >= 0.3 is 18.2 Å². The lowest BCUT2D eigenvalue weighted by molar-refractivity contribution is -0.138. The number of hydrogen-bond donors (Lipinski definition) is 2. The minimum atomic E-state index is -4.44. The molecule has 0 aromatic heterocycles. The third-order valence-corrected chi connectivity index (χ3v) is 3.95. The Kier molecular flexibility index (Phi) is 5.36. The average molecular weight is 344 g/mol. The van der Waals surface area contributed by atoms with Crippen molar-refractivity contribution in [2.24, 2.45) is 5.92 Å². The van der Waals surface area contributed by atoms with Crippen LogP contribution < -0.4 is 5.32 Å². The van der Waals surface area contributed by atoms with E-state index < -0.39 is 29.8 Å². The first-order chi connectivity index (χ1) is 11.2. The summed E-state index contributed by atoms with van der Waals surface area (Å²) in [6.45, 7) is 0.0289. The number of aliphatic carboxylic acids is 1. The molecular weight excluding hydrogens is 325 g/mol. The standard InChI is InChI=1S/C16H19F3N2O3/c1-21(8-7-13(22)23)15(24)20-14(10-5-6-10)11-3-2-4-12(9-11)16(17,18)19/h2-4,9-10,14H,5-8H2,1H3,(H,20,24)(H,22,23). The Hall–Kier alpha value is -2.25. The zero-order valence-corrected chi connectivity index (χ0v) is 13.1. The first kappa shape index (κ1) is 18.1. The summed E-state index contributed by atoms with van der Waals surface area (Å²) in [4.78, 5) is 23.9. The number of carbonyl (C=O) groups excluding carboxylic acids is 1. The van der Waals surface area contributed by atoms with Gasteiger partial charge in [-0.05, 0) is 36.5 Å². The highest BCUT2D eigenvalue weighted by Crippen LogP contribution is 2.42. The van der Waals surface area contributed by atoms with Gasteiger partial charge < -0.3 is 15.3 Å². The van der Waals surface area contributed by atoms with Crippen LogP contribution in [0.2, 0.25) is 0 Å². The Balaban J connectivity index is 2.10. The number of nitrogens with one attached hydrogen (secondary N) is 1. The normalized spacial score (nSPS) is 15.7. The SMILES string of the molecule is CN(CCC(=O)O)C(=O)NC(c1cccc(C(F)(F)F)c1)C1CC1. The number of benzene rings is 1. The van der Waals surface area contributed by atoms with E-state index in [2.05, 4.69) is 5.32 Å². The molecule has 1 aromatic carbocycles. The van der Waals surface area contributed by atoms with Gasteiger partial charge in [0.2, 0.25) is 0 Å². The molecule has 0 bridgehead atoms. The summed E-state index contributed by atoms with van der Waals surface area (Å²) in [5.41, 5.74) is -0.341. The number of carboxylic acids is 1. The Morgan fingerprint density at radius 2 is 2.04 bits per heavy atom. The molecule has 1 fully saturated rings. The summed E-state index contributed by atoms with van der Waals surface area (Å²) in [6, 6.07) is 3.94. The largest absolute Gasteiger partial charge is 0.481 e. The predicted octanol–water partition coefficient (Wildman–Crippen LogP) is 3.27. The summed E-state index contributed by atoms with van der Waals surface area (Å²) in [7, 11) is 1.45. The second-order valence-electron chi connectivity index (χ2n) is 5.95. The lowest BCUT2D eigenvalue weighted by Gasteiger charge is -2.24. The third kappa shape index (κ3) is 4.87. The van der Waals surface area contributed by atoms with E-state index in [-0.39, 0.29) is 18.9 Å². The molecule has 0 saturated heterocycles. The zero-order chi connectivity index (χ0) is 17.9. The molecular formula is C16H19F3N2O3. The summed E-state index contributed by atoms with van der Waals surface area (Å²) < 4.78 is 38.6. The monoisotopic (exact) mass is 344 g/mol.